The molecule has 0 radical (unpaired) electrons. The van der Waals surface area contributed by atoms with E-state index in [9.17, 15) is 4.79 Å². The SMILES string of the molecule is CNC(C)c1cccc(=O)n1C(C)C. The third-order valence-corrected chi connectivity index (χ3v) is 2.41. The van der Waals surface area contributed by atoms with Gasteiger partial charge in [-0.05, 0) is 33.9 Å². The summed E-state index contributed by atoms with van der Waals surface area (Å²) in [6.07, 6.45) is 0. The first-order chi connectivity index (χ1) is 6.57. The van der Waals surface area contributed by atoms with Gasteiger partial charge < -0.3 is 9.88 Å². The summed E-state index contributed by atoms with van der Waals surface area (Å²) in [6, 6.07) is 5.81. The molecule has 1 unspecified atom stereocenters. The van der Waals surface area contributed by atoms with Crippen molar-refractivity contribution in [3.05, 3.63) is 34.2 Å². The number of rotatable bonds is 3. The van der Waals surface area contributed by atoms with E-state index in [1.165, 1.54) is 0 Å². The Labute approximate surface area is 84.8 Å². The highest BCUT2D eigenvalue weighted by molar-refractivity contribution is 5.11. The van der Waals surface area contributed by atoms with E-state index in [2.05, 4.69) is 5.32 Å². The van der Waals surface area contributed by atoms with Crippen molar-refractivity contribution in [2.75, 3.05) is 7.05 Å². The lowest BCUT2D eigenvalue weighted by Gasteiger charge is -2.20. The highest BCUT2D eigenvalue weighted by Crippen LogP contribution is 2.13. The van der Waals surface area contributed by atoms with Gasteiger partial charge in [0.15, 0.2) is 0 Å². The second kappa shape index (κ2) is 4.42. The first-order valence-corrected chi connectivity index (χ1v) is 4.96. The van der Waals surface area contributed by atoms with Gasteiger partial charge in [-0.3, -0.25) is 4.79 Å². The Morgan fingerprint density at radius 1 is 1.29 bits per heavy atom. The first kappa shape index (κ1) is 11.0. The molecule has 0 aliphatic rings. The molecule has 0 aromatic carbocycles. The van der Waals surface area contributed by atoms with E-state index < -0.39 is 0 Å². The molecule has 1 atom stereocenters. The van der Waals surface area contributed by atoms with E-state index in [0.717, 1.165) is 5.69 Å². The maximum Gasteiger partial charge on any atom is 0.251 e. The van der Waals surface area contributed by atoms with E-state index in [4.69, 9.17) is 0 Å². The summed E-state index contributed by atoms with van der Waals surface area (Å²) < 4.78 is 1.82. The van der Waals surface area contributed by atoms with Crippen LogP contribution in [0.25, 0.3) is 0 Å². The average Bonchev–Trinajstić information content (AvgIpc) is 2.15. The van der Waals surface area contributed by atoms with Crippen LogP contribution in [0.3, 0.4) is 0 Å². The zero-order valence-electron chi connectivity index (χ0n) is 9.24. The highest BCUT2D eigenvalue weighted by Gasteiger charge is 2.11. The van der Waals surface area contributed by atoms with Crippen LogP contribution in [0, 0.1) is 0 Å². The molecular formula is C11H18N2O. The van der Waals surface area contributed by atoms with Crippen LogP contribution >= 0.6 is 0 Å². The van der Waals surface area contributed by atoms with Gasteiger partial charge >= 0.3 is 0 Å². The topological polar surface area (TPSA) is 34.0 Å². The summed E-state index contributed by atoms with van der Waals surface area (Å²) >= 11 is 0. The van der Waals surface area contributed by atoms with Crippen LogP contribution in [-0.4, -0.2) is 11.6 Å². The average molecular weight is 194 g/mol. The Morgan fingerprint density at radius 2 is 1.93 bits per heavy atom. The van der Waals surface area contributed by atoms with Gasteiger partial charge in [-0.25, -0.2) is 0 Å². The monoisotopic (exact) mass is 194 g/mol. The van der Waals surface area contributed by atoms with Crippen LogP contribution < -0.4 is 10.9 Å². The molecule has 0 bridgehead atoms. The summed E-state index contributed by atoms with van der Waals surface area (Å²) in [5.41, 5.74) is 1.11. The highest BCUT2D eigenvalue weighted by atomic mass is 16.1. The number of nitrogens with zero attached hydrogens (tertiary/aromatic N) is 1. The van der Waals surface area contributed by atoms with Crippen molar-refractivity contribution in [1.82, 2.24) is 9.88 Å². The minimum Gasteiger partial charge on any atom is -0.312 e. The van der Waals surface area contributed by atoms with Crippen molar-refractivity contribution in [3.8, 4) is 0 Å². The predicted octanol–water partition coefficient (Wildman–Crippen LogP) is 1.71. The largest absolute Gasteiger partial charge is 0.312 e. The molecule has 0 saturated heterocycles. The molecule has 78 valence electrons. The van der Waals surface area contributed by atoms with Crippen LogP contribution in [0.1, 0.15) is 38.5 Å². The maximum atomic E-state index is 11.6. The smallest absolute Gasteiger partial charge is 0.251 e. The number of aromatic nitrogens is 1. The summed E-state index contributed by atoms with van der Waals surface area (Å²) in [4.78, 5) is 11.6. The minimum absolute atomic E-state index is 0.0691. The van der Waals surface area contributed by atoms with E-state index >= 15 is 0 Å². The molecule has 14 heavy (non-hydrogen) atoms. The van der Waals surface area contributed by atoms with Gasteiger partial charge in [0.05, 0.1) is 0 Å². The van der Waals surface area contributed by atoms with E-state index in [1.807, 2.05) is 44.5 Å². The maximum absolute atomic E-state index is 11.6. The Balaban J connectivity index is 3.28. The van der Waals surface area contributed by atoms with Crippen molar-refractivity contribution in [1.29, 1.82) is 0 Å². The van der Waals surface area contributed by atoms with Crippen LogP contribution in [-0.2, 0) is 0 Å². The van der Waals surface area contributed by atoms with Crippen LogP contribution in [0.4, 0.5) is 0 Å². The molecule has 1 N–H and O–H groups in total. The third-order valence-electron chi connectivity index (χ3n) is 2.41. The lowest BCUT2D eigenvalue weighted by molar-refractivity contribution is 0.503. The Bertz CT molecular complexity index is 355. The number of pyridine rings is 1. The lowest BCUT2D eigenvalue weighted by atomic mass is 10.2. The number of hydrogen-bond donors (Lipinski definition) is 1. The zero-order chi connectivity index (χ0) is 10.7. The summed E-state index contributed by atoms with van der Waals surface area (Å²) in [5.74, 6) is 0. The second-order valence-corrected chi connectivity index (χ2v) is 3.76. The first-order valence-electron chi connectivity index (χ1n) is 4.96. The van der Waals surface area contributed by atoms with Crippen molar-refractivity contribution in [2.24, 2.45) is 0 Å². The van der Waals surface area contributed by atoms with Crippen molar-refractivity contribution < 1.29 is 0 Å². The zero-order valence-corrected chi connectivity index (χ0v) is 9.24. The Morgan fingerprint density at radius 3 is 2.43 bits per heavy atom. The molecule has 0 spiro atoms. The standard InChI is InChI=1S/C11H18N2O/c1-8(2)13-10(9(3)12-4)6-5-7-11(13)14/h5-9,12H,1-4H3. The van der Waals surface area contributed by atoms with E-state index in [-0.39, 0.29) is 17.6 Å². The molecule has 0 aliphatic heterocycles. The number of nitrogens with one attached hydrogen (secondary N) is 1. The quantitative estimate of drug-likeness (QED) is 0.794. The Hall–Kier alpha value is -1.09. The van der Waals surface area contributed by atoms with Crippen molar-refractivity contribution >= 4 is 0 Å². The van der Waals surface area contributed by atoms with Gasteiger partial charge in [-0.1, -0.05) is 6.07 Å². The van der Waals surface area contributed by atoms with E-state index in [0.29, 0.717) is 0 Å². The van der Waals surface area contributed by atoms with Gasteiger partial charge in [-0.2, -0.15) is 0 Å². The minimum atomic E-state index is 0.0691. The molecule has 0 saturated carbocycles. The molecule has 1 aromatic rings. The van der Waals surface area contributed by atoms with Crippen LogP contribution in [0.15, 0.2) is 23.0 Å². The molecule has 0 fully saturated rings. The van der Waals surface area contributed by atoms with Crippen LogP contribution in [0.5, 0.6) is 0 Å². The van der Waals surface area contributed by atoms with Crippen molar-refractivity contribution in [3.63, 3.8) is 0 Å². The number of hydrogen-bond acceptors (Lipinski definition) is 2. The van der Waals surface area contributed by atoms with Gasteiger partial charge in [0.2, 0.25) is 0 Å². The predicted molar refractivity (Wildman–Crippen MR) is 58.6 cm³/mol. The fraction of sp³-hybridized carbons (Fsp3) is 0.545. The fourth-order valence-corrected chi connectivity index (χ4v) is 1.57. The van der Waals surface area contributed by atoms with Crippen molar-refractivity contribution in [2.45, 2.75) is 32.9 Å². The summed E-state index contributed by atoms with van der Waals surface area (Å²) in [7, 11) is 1.90. The lowest BCUT2D eigenvalue weighted by Crippen LogP contribution is -2.28. The molecule has 1 aromatic heterocycles. The third kappa shape index (κ3) is 2.04. The summed E-state index contributed by atoms with van der Waals surface area (Å²) in [6.45, 7) is 6.09. The van der Waals surface area contributed by atoms with Gasteiger partial charge in [0, 0.05) is 23.8 Å². The molecule has 1 heterocycles. The van der Waals surface area contributed by atoms with Crippen LogP contribution in [0.2, 0.25) is 0 Å². The van der Waals surface area contributed by atoms with E-state index in [1.54, 1.807) is 6.07 Å². The molecule has 1 rings (SSSR count). The Kier molecular flexibility index (Phi) is 3.47. The molecule has 0 aliphatic carbocycles. The molecule has 3 nitrogen and oxygen atoms in total. The van der Waals surface area contributed by atoms with Gasteiger partial charge in [-0.15, -0.1) is 0 Å². The summed E-state index contributed by atoms with van der Waals surface area (Å²) in [5, 5.41) is 3.14. The molecule has 0 amide bonds. The van der Waals surface area contributed by atoms with Gasteiger partial charge in [0.25, 0.3) is 5.56 Å². The molecule has 3 heteroatoms. The second-order valence-electron chi connectivity index (χ2n) is 3.76. The molecular weight excluding hydrogens is 176 g/mol. The normalized spacial score (nSPS) is 13.2. The van der Waals surface area contributed by atoms with Gasteiger partial charge in [0.1, 0.15) is 0 Å². The fourth-order valence-electron chi connectivity index (χ4n) is 1.57.